The van der Waals surface area contributed by atoms with E-state index in [2.05, 4.69) is 24.5 Å². The molecule has 0 bridgehead atoms. The van der Waals surface area contributed by atoms with E-state index in [1.165, 1.54) is 24.3 Å². The Morgan fingerprint density at radius 1 is 1.16 bits per heavy atom. The Labute approximate surface area is 113 Å². The smallest absolute Gasteiger partial charge is 0.294 e. The number of hydrogen-bond acceptors (Lipinski definition) is 3. The second kappa shape index (κ2) is 6.43. The first-order valence-corrected chi connectivity index (χ1v) is 5.81. The molecule has 0 aliphatic heterocycles. The zero-order valence-corrected chi connectivity index (χ0v) is 10.5. The Balaban J connectivity index is 2.76. The summed E-state index contributed by atoms with van der Waals surface area (Å²) in [7, 11) is 0. The van der Waals surface area contributed by atoms with Gasteiger partial charge in [-0.25, -0.2) is 0 Å². The summed E-state index contributed by atoms with van der Waals surface area (Å²) in [6.45, 7) is 0. The minimum Gasteiger partial charge on any atom is -0.294 e. The van der Waals surface area contributed by atoms with Gasteiger partial charge in [0.15, 0.2) is 5.78 Å². The van der Waals surface area contributed by atoms with Crippen molar-refractivity contribution in [2.75, 3.05) is 5.75 Å². The average Bonchev–Trinajstić information content (AvgIpc) is 2.35. The Morgan fingerprint density at radius 3 is 2.21 bits per heavy atom. The summed E-state index contributed by atoms with van der Waals surface area (Å²) < 4.78 is 36.0. The molecule has 0 aliphatic carbocycles. The number of hydrogen-bond donors (Lipinski definition) is 1. The van der Waals surface area contributed by atoms with E-state index in [4.69, 9.17) is 0 Å². The fraction of sp³-hybridized carbons (Fsp3) is 0.231. The number of ketones is 2. The monoisotopic (exact) mass is 286 g/mol. The van der Waals surface area contributed by atoms with Gasteiger partial charge in [-0.3, -0.25) is 9.59 Å². The van der Waals surface area contributed by atoms with Crippen molar-refractivity contribution in [3.63, 3.8) is 0 Å². The van der Waals surface area contributed by atoms with Crippen LogP contribution in [0.2, 0.25) is 0 Å². The molecule has 0 amide bonds. The fourth-order valence-corrected chi connectivity index (χ4v) is 1.31. The topological polar surface area (TPSA) is 34.1 Å². The number of carbonyl (C=O) groups excluding carboxylic acids is 2. The third-order valence-electron chi connectivity index (χ3n) is 2.16. The van der Waals surface area contributed by atoms with Gasteiger partial charge < -0.3 is 0 Å². The van der Waals surface area contributed by atoms with Gasteiger partial charge >= 0.3 is 6.18 Å². The maximum absolute atomic E-state index is 12.0. The predicted molar refractivity (Wildman–Crippen MR) is 67.2 cm³/mol. The SMILES string of the molecule is O=C(CC(=O)C(F)(F)F)c1ccc(C#CCS)cc1. The number of thiol groups is 1. The summed E-state index contributed by atoms with van der Waals surface area (Å²) >= 11 is 3.90. The van der Waals surface area contributed by atoms with E-state index < -0.39 is 24.2 Å². The normalized spacial score (nSPS) is 10.5. The molecule has 0 atom stereocenters. The summed E-state index contributed by atoms with van der Waals surface area (Å²) in [6.07, 6.45) is -6.15. The molecule has 6 heteroatoms. The summed E-state index contributed by atoms with van der Waals surface area (Å²) in [6, 6.07) is 5.69. The minimum absolute atomic E-state index is 0.0500. The number of Topliss-reactive ketones (excluding diaryl/α,β-unsaturated/α-hetero) is 2. The van der Waals surface area contributed by atoms with Gasteiger partial charge in [0, 0.05) is 11.1 Å². The zero-order valence-electron chi connectivity index (χ0n) is 9.62. The van der Waals surface area contributed by atoms with Crippen LogP contribution < -0.4 is 0 Å². The molecule has 1 aromatic carbocycles. The van der Waals surface area contributed by atoms with Crippen LogP contribution in [-0.4, -0.2) is 23.5 Å². The first kappa shape index (κ1) is 15.3. The highest BCUT2D eigenvalue weighted by Gasteiger charge is 2.39. The van der Waals surface area contributed by atoms with Crippen LogP contribution in [0, 0.1) is 11.8 Å². The van der Waals surface area contributed by atoms with E-state index in [1.54, 1.807) is 0 Å². The van der Waals surface area contributed by atoms with Crippen LogP contribution in [0.15, 0.2) is 24.3 Å². The third kappa shape index (κ3) is 4.79. The molecule has 0 N–H and O–H groups in total. The van der Waals surface area contributed by atoms with Crippen LogP contribution in [0.1, 0.15) is 22.3 Å². The lowest BCUT2D eigenvalue weighted by Crippen LogP contribution is -2.25. The molecule has 0 fully saturated rings. The van der Waals surface area contributed by atoms with Gasteiger partial charge in [-0.05, 0) is 12.1 Å². The van der Waals surface area contributed by atoms with E-state index in [0.717, 1.165) is 0 Å². The summed E-state index contributed by atoms with van der Waals surface area (Å²) in [4.78, 5) is 22.1. The molecule has 0 radical (unpaired) electrons. The van der Waals surface area contributed by atoms with Crippen molar-refractivity contribution in [2.45, 2.75) is 12.6 Å². The van der Waals surface area contributed by atoms with Gasteiger partial charge in [-0.15, -0.1) is 0 Å². The molecule has 2 nitrogen and oxygen atoms in total. The number of benzene rings is 1. The summed E-state index contributed by atoms with van der Waals surface area (Å²) in [5.41, 5.74) is 0.668. The van der Waals surface area contributed by atoms with Gasteiger partial charge in [-0.1, -0.05) is 24.0 Å². The van der Waals surface area contributed by atoms with Crippen LogP contribution >= 0.6 is 12.6 Å². The van der Waals surface area contributed by atoms with Gasteiger partial charge in [-0.2, -0.15) is 25.8 Å². The number of carbonyl (C=O) groups is 2. The zero-order chi connectivity index (χ0) is 14.5. The lowest BCUT2D eigenvalue weighted by Gasteiger charge is -2.04. The number of alkyl halides is 3. The van der Waals surface area contributed by atoms with Gasteiger partial charge in [0.1, 0.15) is 0 Å². The molecule has 0 saturated carbocycles. The van der Waals surface area contributed by atoms with Crippen molar-refractivity contribution >= 4 is 24.2 Å². The molecular weight excluding hydrogens is 277 g/mol. The van der Waals surface area contributed by atoms with E-state index in [9.17, 15) is 22.8 Å². The molecule has 0 spiro atoms. The van der Waals surface area contributed by atoms with Crippen LogP contribution in [0.4, 0.5) is 13.2 Å². The third-order valence-corrected chi connectivity index (χ3v) is 2.31. The predicted octanol–water partition coefficient (Wildman–Crippen LogP) is 2.67. The van der Waals surface area contributed by atoms with Crippen molar-refractivity contribution in [1.82, 2.24) is 0 Å². The highest BCUT2D eigenvalue weighted by molar-refractivity contribution is 7.80. The summed E-state index contributed by atoms with van der Waals surface area (Å²) in [5.74, 6) is 2.90. The van der Waals surface area contributed by atoms with Crippen LogP contribution in [0.5, 0.6) is 0 Å². The molecule has 1 aromatic rings. The van der Waals surface area contributed by atoms with Crippen molar-refractivity contribution in [1.29, 1.82) is 0 Å². The second-order valence-corrected chi connectivity index (χ2v) is 3.87. The largest absolute Gasteiger partial charge is 0.450 e. The van der Waals surface area contributed by atoms with Gasteiger partial charge in [0.25, 0.3) is 0 Å². The van der Waals surface area contributed by atoms with Crippen molar-refractivity contribution in [2.24, 2.45) is 0 Å². The van der Waals surface area contributed by atoms with E-state index in [-0.39, 0.29) is 5.56 Å². The van der Waals surface area contributed by atoms with Crippen LogP contribution in [0.25, 0.3) is 0 Å². The highest BCUT2D eigenvalue weighted by Crippen LogP contribution is 2.19. The highest BCUT2D eigenvalue weighted by atomic mass is 32.1. The van der Waals surface area contributed by atoms with Crippen LogP contribution in [-0.2, 0) is 4.79 Å². The minimum atomic E-state index is -4.98. The van der Waals surface area contributed by atoms with E-state index in [0.29, 0.717) is 11.3 Å². The van der Waals surface area contributed by atoms with Gasteiger partial charge in [0.2, 0.25) is 5.78 Å². The van der Waals surface area contributed by atoms with Gasteiger partial charge in [0.05, 0.1) is 12.2 Å². The molecule has 0 aliphatic rings. The lowest BCUT2D eigenvalue weighted by atomic mass is 10.0. The summed E-state index contributed by atoms with van der Waals surface area (Å²) in [5, 5.41) is 0. The Bertz CT molecular complexity index is 536. The average molecular weight is 286 g/mol. The molecule has 0 saturated heterocycles. The van der Waals surface area contributed by atoms with E-state index >= 15 is 0 Å². The molecule has 1 rings (SSSR count). The van der Waals surface area contributed by atoms with Crippen molar-refractivity contribution < 1.29 is 22.8 Å². The quantitative estimate of drug-likeness (QED) is 0.401. The Kier molecular flexibility index (Phi) is 5.19. The molecule has 100 valence electrons. The van der Waals surface area contributed by atoms with Crippen LogP contribution in [0.3, 0.4) is 0 Å². The Hall–Kier alpha value is -1.74. The van der Waals surface area contributed by atoms with Crippen molar-refractivity contribution in [3.05, 3.63) is 35.4 Å². The fourth-order valence-electron chi connectivity index (χ4n) is 1.23. The lowest BCUT2D eigenvalue weighted by molar-refractivity contribution is -0.170. The first-order chi connectivity index (χ1) is 8.84. The second-order valence-electron chi connectivity index (χ2n) is 3.56. The maximum Gasteiger partial charge on any atom is 0.450 e. The maximum atomic E-state index is 12.0. The van der Waals surface area contributed by atoms with E-state index in [1.807, 2.05) is 0 Å². The standard InChI is InChI=1S/C13H9F3O2S/c14-13(15,16)12(18)8-11(17)10-5-3-9(4-6-10)2-1-7-19/h3-6,19H,7-8H2. The first-order valence-electron chi connectivity index (χ1n) is 5.17. The molecule has 0 aromatic heterocycles. The molecule has 0 unspecified atom stereocenters. The number of halogens is 3. The Morgan fingerprint density at radius 2 is 1.74 bits per heavy atom. The number of rotatable bonds is 3. The molecule has 19 heavy (non-hydrogen) atoms. The molecular formula is C13H9F3O2S. The molecule has 0 heterocycles. The van der Waals surface area contributed by atoms with Crippen molar-refractivity contribution in [3.8, 4) is 11.8 Å².